The van der Waals surface area contributed by atoms with Gasteiger partial charge in [-0.05, 0) is 49.6 Å². The summed E-state index contributed by atoms with van der Waals surface area (Å²) in [6.45, 7) is 3.91. The molecule has 2 aromatic carbocycles. The molecule has 1 saturated heterocycles. The number of aliphatic hydroxyl groups excluding tert-OH is 1. The molecule has 3 aromatic rings. The van der Waals surface area contributed by atoms with Crippen LogP contribution in [0.15, 0.2) is 60.8 Å². The van der Waals surface area contributed by atoms with Gasteiger partial charge in [0.15, 0.2) is 5.60 Å². The number of benzene rings is 2. The maximum atomic E-state index is 13.9. The summed E-state index contributed by atoms with van der Waals surface area (Å²) in [6.07, 6.45) is 8.08. The molecule has 4 N–H and O–H groups in total. The number of carbonyl (C=O) groups is 2. The lowest BCUT2D eigenvalue weighted by Gasteiger charge is -2.27. The van der Waals surface area contributed by atoms with Crippen LogP contribution < -0.4 is 15.5 Å². The van der Waals surface area contributed by atoms with Crippen molar-refractivity contribution in [2.24, 2.45) is 11.8 Å². The Morgan fingerprint density at radius 2 is 2.09 bits per heavy atom. The monoisotopic (exact) mass is 603 g/mol. The predicted molar refractivity (Wildman–Crippen MR) is 163 cm³/mol. The Bertz CT molecular complexity index is 1530. The molecule has 0 radical (unpaired) electrons. The molecule has 5 rings (SSSR count). The number of aromatic nitrogens is 3. The van der Waals surface area contributed by atoms with Gasteiger partial charge in [0.2, 0.25) is 5.91 Å². The highest BCUT2D eigenvalue weighted by Gasteiger charge is 2.53. The van der Waals surface area contributed by atoms with Crippen LogP contribution in [0, 0.1) is 22.0 Å². The number of rotatable bonds is 12. The first-order valence-corrected chi connectivity index (χ1v) is 14.8. The van der Waals surface area contributed by atoms with Crippen molar-refractivity contribution in [1.82, 2.24) is 20.3 Å². The quantitative estimate of drug-likeness (QED) is 0.138. The molecule has 232 valence electrons. The van der Waals surface area contributed by atoms with E-state index in [9.17, 15) is 24.8 Å². The minimum absolute atomic E-state index is 0.0125. The Morgan fingerprint density at radius 1 is 1.30 bits per heavy atom. The molecule has 1 fully saturated rings. The van der Waals surface area contributed by atoms with E-state index in [1.807, 2.05) is 18.2 Å². The topological polar surface area (TPSA) is 176 Å². The van der Waals surface area contributed by atoms with E-state index in [-0.39, 0.29) is 36.2 Å². The molecule has 0 saturated carbocycles. The number of hydrogen-bond donors (Lipinski definition) is 4. The summed E-state index contributed by atoms with van der Waals surface area (Å²) >= 11 is 0. The highest BCUT2D eigenvalue weighted by molar-refractivity contribution is 6.07. The molecule has 0 spiro atoms. The maximum absolute atomic E-state index is 13.9. The van der Waals surface area contributed by atoms with Crippen LogP contribution in [0.25, 0.3) is 0 Å². The second-order valence-electron chi connectivity index (χ2n) is 11.3. The SMILES string of the molecule is C[C@@H](/C=C/CCn1cc(CCO)nn1)[C@]1(O)C(=O)N(Cc2ccc(NC(=O)C3CCCNC3)cc2)c2ccc([N+](=O)[O-])cc21. The largest absolute Gasteiger partial charge is 0.396 e. The van der Waals surface area contributed by atoms with Gasteiger partial charge in [-0.15, -0.1) is 5.10 Å². The highest BCUT2D eigenvalue weighted by Crippen LogP contribution is 2.47. The van der Waals surface area contributed by atoms with Gasteiger partial charge in [-0.3, -0.25) is 24.4 Å². The van der Waals surface area contributed by atoms with Gasteiger partial charge in [-0.1, -0.05) is 36.4 Å². The van der Waals surface area contributed by atoms with Crippen molar-refractivity contribution in [1.29, 1.82) is 0 Å². The Kier molecular flexibility index (Phi) is 9.47. The lowest BCUT2D eigenvalue weighted by Crippen LogP contribution is -2.44. The first-order valence-electron chi connectivity index (χ1n) is 14.8. The van der Waals surface area contributed by atoms with Crippen molar-refractivity contribution in [3.63, 3.8) is 0 Å². The van der Waals surface area contributed by atoms with E-state index in [0.717, 1.165) is 24.9 Å². The molecule has 13 nitrogen and oxygen atoms in total. The molecular formula is C31H37N7O6. The zero-order valence-electron chi connectivity index (χ0n) is 24.6. The molecular weight excluding hydrogens is 566 g/mol. The number of piperidine rings is 1. The van der Waals surface area contributed by atoms with Crippen molar-refractivity contribution in [2.45, 2.75) is 51.3 Å². The second-order valence-corrected chi connectivity index (χ2v) is 11.3. The third kappa shape index (κ3) is 6.54. The van der Waals surface area contributed by atoms with E-state index in [4.69, 9.17) is 5.11 Å². The Morgan fingerprint density at radius 3 is 2.80 bits per heavy atom. The number of allylic oxidation sites excluding steroid dienone is 1. The fourth-order valence-electron chi connectivity index (χ4n) is 5.72. The van der Waals surface area contributed by atoms with Gasteiger partial charge >= 0.3 is 0 Å². The lowest BCUT2D eigenvalue weighted by molar-refractivity contribution is -0.385. The predicted octanol–water partition coefficient (Wildman–Crippen LogP) is 2.68. The van der Waals surface area contributed by atoms with Gasteiger partial charge in [0, 0.05) is 61.6 Å². The normalized spacial score (nSPS) is 20.6. The average Bonchev–Trinajstić information content (AvgIpc) is 3.57. The number of amides is 2. The van der Waals surface area contributed by atoms with Crippen molar-refractivity contribution in [3.8, 4) is 0 Å². The number of aryl methyl sites for hydroxylation is 1. The molecule has 13 heteroatoms. The number of nitro groups is 1. The van der Waals surface area contributed by atoms with Crippen LogP contribution in [0.2, 0.25) is 0 Å². The summed E-state index contributed by atoms with van der Waals surface area (Å²) in [5, 5.41) is 46.8. The van der Waals surface area contributed by atoms with Gasteiger partial charge in [0.05, 0.1) is 28.8 Å². The van der Waals surface area contributed by atoms with Crippen LogP contribution in [-0.2, 0) is 34.7 Å². The number of nitro benzene ring substituents is 1. The Hall–Kier alpha value is -4.46. The van der Waals surface area contributed by atoms with Crippen LogP contribution in [0.1, 0.15) is 43.0 Å². The first kappa shape index (κ1) is 31.0. The van der Waals surface area contributed by atoms with Crippen LogP contribution in [0.5, 0.6) is 0 Å². The number of non-ortho nitro benzene ring substituents is 1. The molecule has 3 heterocycles. The van der Waals surface area contributed by atoms with E-state index in [0.29, 0.717) is 43.0 Å². The van der Waals surface area contributed by atoms with Gasteiger partial charge in [0.1, 0.15) is 0 Å². The molecule has 2 amide bonds. The highest BCUT2D eigenvalue weighted by atomic mass is 16.6. The summed E-state index contributed by atoms with van der Waals surface area (Å²) in [7, 11) is 0. The number of nitrogens with zero attached hydrogens (tertiary/aromatic N) is 5. The average molecular weight is 604 g/mol. The van der Waals surface area contributed by atoms with Gasteiger partial charge in [-0.2, -0.15) is 0 Å². The lowest BCUT2D eigenvalue weighted by atomic mass is 9.82. The number of fused-ring (bicyclic) bond motifs is 1. The van der Waals surface area contributed by atoms with E-state index < -0.39 is 22.3 Å². The third-order valence-electron chi connectivity index (χ3n) is 8.26. The van der Waals surface area contributed by atoms with Crippen LogP contribution in [0.3, 0.4) is 0 Å². The van der Waals surface area contributed by atoms with Crippen molar-refractivity contribution < 1.29 is 24.7 Å². The van der Waals surface area contributed by atoms with E-state index >= 15 is 0 Å². The number of hydrogen-bond acceptors (Lipinski definition) is 9. The summed E-state index contributed by atoms with van der Waals surface area (Å²) in [5.41, 5.74) is 0.464. The first-order chi connectivity index (χ1) is 21.2. The van der Waals surface area contributed by atoms with Crippen molar-refractivity contribution in [3.05, 3.63) is 87.7 Å². The van der Waals surface area contributed by atoms with Crippen molar-refractivity contribution >= 4 is 28.9 Å². The molecule has 0 bridgehead atoms. The number of carbonyl (C=O) groups excluding carboxylic acids is 2. The van der Waals surface area contributed by atoms with E-state index in [1.54, 1.807) is 36.0 Å². The number of nitrogens with one attached hydrogen (secondary N) is 2. The molecule has 2 aliphatic rings. The fraction of sp³-hybridized carbons (Fsp3) is 0.419. The number of anilines is 2. The van der Waals surface area contributed by atoms with E-state index in [1.165, 1.54) is 23.1 Å². The number of aliphatic hydroxyl groups is 2. The zero-order chi connectivity index (χ0) is 31.3. The zero-order valence-corrected chi connectivity index (χ0v) is 24.6. The molecule has 44 heavy (non-hydrogen) atoms. The Balaban J connectivity index is 1.31. The minimum atomic E-state index is -2.01. The van der Waals surface area contributed by atoms with E-state index in [2.05, 4.69) is 20.9 Å². The maximum Gasteiger partial charge on any atom is 0.269 e. The summed E-state index contributed by atoms with van der Waals surface area (Å²) in [5.74, 6) is -1.38. The molecule has 0 aliphatic carbocycles. The molecule has 1 aromatic heterocycles. The minimum Gasteiger partial charge on any atom is -0.396 e. The summed E-state index contributed by atoms with van der Waals surface area (Å²) in [4.78, 5) is 39.0. The van der Waals surface area contributed by atoms with Gasteiger partial charge < -0.3 is 25.7 Å². The Labute approximate surface area is 254 Å². The summed E-state index contributed by atoms with van der Waals surface area (Å²) in [6, 6.07) is 11.3. The van der Waals surface area contributed by atoms with Gasteiger partial charge in [0.25, 0.3) is 11.6 Å². The second kappa shape index (κ2) is 13.5. The molecule has 1 unspecified atom stereocenters. The smallest absolute Gasteiger partial charge is 0.269 e. The third-order valence-corrected chi connectivity index (χ3v) is 8.26. The van der Waals surface area contributed by atoms with Crippen LogP contribution in [-0.4, -0.2) is 61.6 Å². The summed E-state index contributed by atoms with van der Waals surface area (Å²) < 4.78 is 1.65. The molecule has 2 aliphatic heterocycles. The van der Waals surface area contributed by atoms with Gasteiger partial charge in [-0.25, -0.2) is 0 Å². The molecule has 3 atom stereocenters. The van der Waals surface area contributed by atoms with Crippen LogP contribution >= 0.6 is 0 Å². The fourth-order valence-corrected chi connectivity index (χ4v) is 5.72. The van der Waals surface area contributed by atoms with Crippen LogP contribution in [0.4, 0.5) is 17.1 Å². The van der Waals surface area contributed by atoms with Crippen molar-refractivity contribution in [2.75, 3.05) is 29.9 Å². The standard InChI is InChI=1S/C31H37N7O6/c1-21(5-2-3-15-36-20-25(13-16-39)34-35-36)31(42)27-17-26(38(43)44)11-12-28(27)37(30(31)41)19-22-7-9-24(10-8-22)33-29(40)23-6-4-14-32-18-23/h2,5,7-12,17,20-21,23,32,39,42H,3-4,6,13-16,18-19H2,1H3,(H,33,40)/b5-2+/t21-,23?,31+/m0/s1.